The molecule has 4 heteroatoms. The van der Waals surface area contributed by atoms with Crippen molar-refractivity contribution in [1.82, 2.24) is 0 Å². The molecule has 0 fully saturated rings. The van der Waals surface area contributed by atoms with Crippen molar-refractivity contribution in [3.8, 4) is 0 Å². The zero-order valence-electron chi connectivity index (χ0n) is 6.86. The smallest absolute Gasteiger partial charge is 0.334 e. The lowest BCUT2D eigenvalue weighted by atomic mass is 10.2. The van der Waals surface area contributed by atoms with Gasteiger partial charge < -0.3 is 10.5 Å². The number of para-hydroxylation sites is 1. The summed E-state index contributed by atoms with van der Waals surface area (Å²) in [6.07, 6.45) is 0. The topological polar surface area (TPSA) is 64.7 Å². The maximum absolute atomic E-state index is 10.8. The minimum absolute atomic E-state index is 0.0870. The number of rotatable bonds is 1. The van der Waals surface area contributed by atoms with Gasteiger partial charge in [-0.2, -0.15) is 0 Å². The van der Waals surface area contributed by atoms with Gasteiger partial charge >= 0.3 is 5.97 Å². The molecule has 1 aliphatic heterocycles. The van der Waals surface area contributed by atoms with Crippen molar-refractivity contribution in [2.75, 3.05) is 12.3 Å². The summed E-state index contributed by atoms with van der Waals surface area (Å²) < 4.78 is 4.86. The second kappa shape index (κ2) is 2.90. The Labute approximate surface area is 75.0 Å². The van der Waals surface area contributed by atoms with Gasteiger partial charge in [-0.25, -0.2) is 9.79 Å². The van der Waals surface area contributed by atoms with Gasteiger partial charge in [-0.1, -0.05) is 12.1 Å². The molecule has 2 N–H and O–H groups in total. The zero-order valence-corrected chi connectivity index (χ0v) is 6.86. The number of hydrogen-bond acceptors (Lipinski definition) is 4. The molecule has 0 spiro atoms. The van der Waals surface area contributed by atoms with Crippen LogP contribution in [-0.4, -0.2) is 18.4 Å². The summed E-state index contributed by atoms with van der Waals surface area (Å²) in [5.74, 6) is -0.0126. The largest absolute Gasteiger partial charge is 0.406 e. The molecule has 4 nitrogen and oxygen atoms in total. The molecule has 1 heterocycles. The van der Waals surface area contributed by atoms with Gasteiger partial charge in [-0.15, -0.1) is 0 Å². The minimum Gasteiger partial charge on any atom is -0.406 e. The first-order valence-corrected chi connectivity index (χ1v) is 3.87. The fraction of sp³-hybridized carbons (Fsp3) is 0.111. The summed E-state index contributed by atoms with van der Waals surface area (Å²) in [7, 11) is 0. The Morgan fingerprint density at radius 2 is 2.15 bits per heavy atom. The molecule has 13 heavy (non-hydrogen) atoms. The third-order valence-corrected chi connectivity index (χ3v) is 1.75. The van der Waals surface area contributed by atoms with Gasteiger partial charge in [-0.05, 0) is 12.1 Å². The summed E-state index contributed by atoms with van der Waals surface area (Å²) >= 11 is 0. The molecule has 0 bridgehead atoms. The quantitative estimate of drug-likeness (QED) is 0.502. The molecule has 0 aromatic heterocycles. The number of ether oxygens (including phenoxy) is 1. The molecule has 0 aliphatic carbocycles. The number of benzene rings is 1. The van der Waals surface area contributed by atoms with Crippen molar-refractivity contribution in [3.05, 3.63) is 29.8 Å². The van der Waals surface area contributed by atoms with E-state index in [1.807, 2.05) is 12.1 Å². The van der Waals surface area contributed by atoms with Gasteiger partial charge in [0.05, 0.1) is 5.56 Å². The molecule has 0 unspecified atom stereocenters. The summed E-state index contributed by atoms with van der Waals surface area (Å²) in [4.78, 5) is 14.7. The van der Waals surface area contributed by atoms with Crippen LogP contribution in [0.5, 0.6) is 0 Å². The van der Waals surface area contributed by atoms with Gasteiger partial charge in [0, 0.05) is 5.69 Å². The Hall–Kier alpha value is -1.84. The van der Waals surface area contributed by atoms with E-state index in [9.17, 15) is 4.79 Å². The Morgan fingerprint density at radius 3 is 2.77 bits per heavy atom. The molecule has 0 saturated heterocycles. The Morgan fingerprint density at radius 1 is 1.38 bits per heavy atom. The second-order valence-corrected chi connectivity index (χ2v) is 2.68. The van der Waals surface area contributed by atoms with Crippen molar-refractivity contribution in [1.29, 1.82) is 0 Å². The molecule has 1 aromatic rings. The summed E-state index contributed by atoms with van der Waals surface area (Å²) in [5, 5.41) is 0. The average Bonchev–Trinajstić information content (AvgIpc) is 2.53. The third-order valence-electron chi connectivity index (χ3n) is 1.75. The molecule has 0 saturated carbocycles. The van der Waals surface area contributed by atoms with E-state index in [2.05, 4.69) is 4.99 Å². The maximum atomic E-state index is 10.8. The number of esters is 1. The van der Waals surface area contributed by atoms with Crippen LogP contribution in [0.15, 0.2) is 29.3 Å². The van der Waals surface area contributed by atoms with Gasteiger partial charge in [0.25, 0.3) is 0 Å². The minimum atomic E-state index is -0.335. The third kappa shape index (κ3) is 1.38. The zero-order chi connectivity index (χ0) is 9.26. The van der Waals surface area contributed by atoms with Crippen molar-refractivity contribution < 1.29 is 9.53 Å². The van der Waals surface area contributed by atoms with Crippen LogP contribution >= 0.6 is 0 Å². The molecular weight excluding hydrogens is 168 g/mol. The Kier molecular flexibility index (Phi) is 1.73. The lowest BCUT2D eigenvalue weighted by molar-refractivity contribution is -0.132. The molecule has 0 amide bonds. The molecule has 0 radical (unpaired) electrons. The van der Waals surface area contributed by atoms with E-state index in [1.54, 1.807) is 12.1 Å². The average molecular weight is 176 g/mol. The summed E-state index contributed by atoms with van der Waals surface area (Å²) in [6.45, 7) is 0.0870. The van der Waals surface area contributed by atoms with Crippen LogP contribution < -0.4 is 5.73 Å². The van der Waals surface area contributed by atoms with E-state index in [0.717, 1.165) is 0 Å². The predicted octanol–water partition coefficient (Wildman–Crippen LogP) is 0.572. The number of hydrogen-bond donors (Lipinski definition) is 1. The van der Waals surface area contributed by atoms with Crippen molar-refractivity contribution >= 4 is 17.6 Å². The van der Waals surface area contributed by atoms with Crippen LogP contribution in [0.25, 0.3) is 0 Å². The molecule has 0 atom stereocenters. The number of anilines is 1. The number of carbonyl (C=O) groups excluding carboxylic acids is 1. The van der Waals surface area contributed by atoms with Gasteiger partial charge in [0.1, 0.15) is 6.54 Å². The SMILES string of the molecule is Nc1ccccc1C1=NCC(=O)O1. The molecule has 1 aromatic carbocycles. The first-order valence-electron chi connectivity index (χ1n) is 3.87. The summed E-state index contributed by atoms with van der Waals surface area (Å²) in [6, 6.07) is 7.15. The standard InChI is InChI=1S/C9H8N2O2/c10-7-4-2-1-3-6(7)9-11-5-8(12)13-9/h1-4H,5,10H2. The lowest BCUT2D eigenvalue weighted by Crippen LogP contribution is -2.07. The highest BCUT2D eigenvalue weighted by molar-refractivity contribution is 6.07. The Bertz CT molecular complexity index is 385. The predicted molar refractivity (Wildman–Crippen MR) is 48.4 cm³/mol. The van der Waals surface area contributed by atoms with Crippen LogP contribution in [-0.2, 0) is 9.53 Å². The van der Waals surface area contributed by atoms with E-state index in [0.29, 0.717) is 17.1 Å². The second-order valence-electron chi connectivity index (χ2n) is 2.68. The van der Waals surface area contributed by atoms with Crippen LogP contribution in [0, 0.1) is 0 Å². The normalized spacial score (nSPS) is 15.4. The molecular formula is C9H8N2O2. The van der Waals surface area contributed by atoms with E-state index in [4.69, 9.17) is 10.5 Å². The number of nitrogen functional groups attached to an aromatic ring is 1. The number of carbonyl (C=O) groups is 1. The van der Waals surface area contributed by atoms with Crippen LogP contribution in [0.1, 0.15) is 5.56 Å². The van der Waals surface area contributed by atoms with Gasteiger partial charge in [0.2, 0.25) is 5.90 Å². The summed E-state index contributed by atoms with van der Waals surface area (Å²) in [5.41, 5.74) is 6.91. The van der Waals surface area contributed by atoms with E-state index >= 15 is 0 Å². The van der Waals surface area contributed by atoms with Crippen LogP contribution in [0.3, 0.4) is 0 Å². The van der Waals surface area contributed by atoms with Gasteiger partial charge in [-0.3, -0.25) is 0 Å². The number of cyclic esters (lactones) is 1. The van der Waals surface area contributed by atoms with E-state index in [-0.39, 0.29) is 12.5 Å². The molecule has 1 aliphatic rings. The molecule has 2 rings (SSSR count). The monoisotopic (exact) mass is 176 g/mol. The highest BCUT2D eigenvalue weighted by Gasteiger charge is 2.18. The molecule has 66 valence electrons. The lowest BCUT2D eigenvalue weighted by Gasteiger charge is -2.02. The van der Waals surface area contributed by atoms with Crippen molar-refractivity contribution in [2.24, 2.45) is 4.99 Å². The fourth-order valence-corrected chi connectivity index (χ4v) is 1.14. The number of nitrogens with zero attached hydrogens (tertiary/aromatic N) is 1. The van der Waals surface area contributed by atoms with Crippen LogP contribution in [0.2, 0.25) is 0 Å². The first-order chi connectivity index (χ1) is 6.27. The highest BCUT2D eigenvalue weighted by atomic mass is 16.6. The number of nitrogens with two attached hydrogens (primary N) is 1. The highest BCUT2D eigenvalue weighted by Crippen LogP contribution is 2.15. The van der Waals surface area contributed by atoms with E-state index in [1.165, 1.54) is 0 Å². The fourth-order valence-electron chi connectivity index (χ4n) is 1.14. The van der Waals surface area contributed by atoms with Crippen LogP contribution in [0.4, 0.5) is 5.69 Å². The first kappa shape index (κ1) is 7.79. The number of aliphatic imine (C=N–C) groups is 1. The van der Waals surface area contributed by atoms with Crippen molar-refractivity contribution in [2.45, 2.75) is 0 Å². The van der Waals surface area contributed by atoms with E-state index < -0.39 is 0 Å². The van der Waals surface area contributed by atoms with Gasteiger partial charge in [0.15, 0.2) is 0 Å². The maximum Gasteiger partial charge on any atom is 0.334 e. The Balaban J connectivity index is 2.37. The van der Waals surface area contributed by atoms with Crippen molar-refractivity contribution in [3.63, 3.8) is 0 Å².